The molecule has 0 bridgehead atoms. The molecule has 0 aromatic heterocycles. The van der Waals surface area contributed by atoms with Crippen molar-refractivity contribution in [3.63, 3.8) is 0 Å². The van der Waals surface area contributed by atoms with Gasteiger partial charge >= 0.3 is 0 Å². The summed E-state index contributed by atoms with van der Waals surface area (Å²) in [6, 6.07) is 14.1. The second kappa shape index (κ2) is 12.5. The topological polar surface area (TPSA) is 89.0 Å². The van der Waals surface area contributed by atoms with Crippen molar-refractivity contribution in [2.24, 2.45) is 4.99 Å². The lowest BCUT2D eigenvalue weighted by atomic mass is 10.2. The van der Waals surface area contributed by atoms with Gasteiger partial charge in [0.1, 0.15) is 11.5 Å². The van der Waals surface area contributed by atoms with Gasteiger partial charge in [-0.25, -0.2) is 8.42 Å². The smallest absolute Gasteiger partial charge is 0.191 e. The Morgan fingerprint density at radius 2 is 1.76 bits per heavy atom. The summed E-state index contributed by atoms with van der Waals surface area (Å²) >= 11 is 0. The number of hydrogen-bond acceptors (Lipinski definition) is 5. The molecule has 0 atom stereocenters. The summed E-state index contributed by atoms with van der Waals surface area (Å²) in [6.07, 6.45) is 0.476. The number of hydrogen-bond donors (Lipinski definition) is 2. The van der Waals surface area contributed by atoms with Crippen molar-refractivity contribution >= 4 is 39.8 Å². The van der Waals surface area contributed by atoms with Crippen molar-refractivity contribution in [1.82, 2.24) is 10.6 Å². The lowest BCUT2D eigenvalue weighted by molar-refractivity contribution is 0.390. The maximum absolute atomic E-state index is 12.3. The molecule has 0 aliphatic rings. The molecule has 0 aliphatic carbocycles. The summed E-state index contributed by atoms with van der Waals surface area (Å²) in [6.45, 7) is 1.00. The Hall–Kier alpha value is -2.01. The van der Waals surface area contributed by atoms with E-state index < -0.39 is 9.84 Å². The van der Waals surface area contributed by atoms with E-state index in [1.807, 2.05) is 18.2 Å². The first kappa shape index (κ1) is 25.0. The second-order valence-electron chi connectivity index (χ2n) is 6.02. The van der Waals surface area contributed by atoms with Gasteiger partial charge in [-0.2, -0.15) is 0 Å². The molecule has 0 unspecified atom stereocenters. The molecule has 2 rings (SSSR count). The van der Waals surface area contributed by atoms with E-state index in [0.717, 1.165) is 17.1 Å². The van der Waals surface area contributed by atoms with Gasteiger partial charge in [-0.15, -0.1) is 24.0 Å². The van der Waals surface area contributed by atoms with Crippen molar-refractivity contribution in [3.8, 4) is 11.5 Å². The number of aliphatic imine (C=N–C) groups is 1. The molecule has 0 saturated carbocycles. The lowest BCUT2D eigenvalue weighted by Gasteiger charge is -2.14. The largest absolute Gasteiger partial charge is 0.497 e. The maximum Gasteiger partial charge on any atom is 0.191 e. The summed E-state index contributed by atoms with van der Waals surface area (Å²) in [7, 11) is 1.62. The molecule has 9 heteroatoms. The average Bonchev–Trinajstić information content (AvgIpc) is 2.73. The zero-order valence-electron chi connectivity index (χ0n) is 16.8. The molecule has 2 N–H and O–H groups in total. The van der Waals surface area contributed by atoms with Gasteiger partial charge in [0.05, 0.1) is 24.9 Å². The standard InChI is InChI=1S/C20H27N3O4S.HI/c1-21-20(23-15-16-10-11-17(26-2)14-19(16)27-3)22-12-7-13-28(24,25)18-8-5-4-6-9-18;/h4-6,8-11,14H,7,12-13,15H2,1-3H3,(H2,21,22,23);1H. The van der Waals surface area contributed by atoms with E-state index in [-0.39, 0.29) is 29.7 Å². The fourth-order valence-electron chi connectivity index (χ4n) is 2.61. The van der Waals surface area contributed by atoms with Crippen LogP contribution in [0, 0.1) is 0 Å². The first-order chi connectivity index (χ1) is 13.5. The minimum absolute atomic E-state index is 0. The Morgan fingerprint density at radius 1 is 1.03 bits per heavy atom. The Labute approximate surface area is 189 Å². The highest BCUT2D eigenvalue weighted by Gasteiger charge is 2.13. The van der Waals surface area contributed by atoms with E-state index in [1.54, 1.807) is 51.6 Å². The third-order valence-corrected chi connectivity index (χ3v) is 5.97. The molecule has 0 saturated heterocycles. The van der Waals surface area contributed by atoms with Crippen LogP contribution >= 0.6 is 24.0 Å². The molecule has 2 aromatic carbocycles. The van der Waals surface area contributed by atoms with Crippen LogP contribution in [0.2, 0.25) is 0 Å². The number of guanidine groups is 1. The van der Waals surface area contributed by atoms with Gasteiger partial charge in [-0.1, -0.05) is 18.2 Å². The van der Waals surface area contributed by atoms with E-state index >= 15 is 0 Å². The van der Waals surface area contributed by atoms with Gasteiger partial charge in [0, 0.05) is 31.8 Å². The summed E-state index contributed by atoms with van der Waals surface area (Å²) in [4.78, 5) is 4.51. The van der Waals surface area contributed by atoms with Crippen LogP contribution in [0.25, 0.3) is 0 Å². The lowest BCUT2D eigenvalue weighted by Crippen LogP contribution is -2.37. The van der Waals surface area contributed by atoms with E-state index in [2.05, 4.69) is 15.6 Å². The number of methoxy groups -OCH3 is 2. The predicted molar refractivity (Wildman–Crippen MR) is 126 cm³/mol. The Morgan fingerprint density at radius 3 is 2.38 bits per heavy atom. The molecule has 2 aromatic rings. The number of benzene rings is 2. The van der Waals surface area contributed by atoms with Crippen LogP contribution < -0.4 is 20.1 Å². The van der Waals surface area contributed by atoms with Crippen LogP contribution in [0.4, 0.5) is 0 Å². The third-order valence-electron chi connectivity index (χ3n) is 4.15. The van der Waals surface area contributed by atoms with Crippen LogP contribution in [0.1, 0.15) is 12.0 Å². The molecular weight excluding hydrogens is 505 g/mol. The van der Waals surface area contributed by atoms with Crippen LogP contribution in [-0.4, -0.2) is 47.9 Å². The van der Waals surface area contributed by atoms with Crippen LogP contribution in [0.5, 0.6) is 11.5 Å². The number of ether oxygens (including phenoxy) is 2. The van der Waals surface area contributed by atoms with Crippen LogP contribution in [0.3, 0.4) is 0 Å². The van der Waals surface area contributed by atoms with Crippen molar-refractivity contribution in [1.29, 1.82) is 0 Å². The SMILES string of the molecule is CN=C(NCCCS(=O)(=O)c1ccccc1)NCc1ccc(OC)cc1OC.I. The minimum atomic E-state index is -3.26. The highest BCUT2D eigenvalue weighted by Crippen LogP contribution is 2.24. The fraction of sp³-hybridized carbons (Fsp3) is 0.350. The molecule has 0 amide bonds. The van der Waals surface area contributed by atoms with E-state index in [1.165, 1.54) is 0 Å². The van der Waals surface area contributed by atoms with E-state index in [9.17, 15) is 8.42 Å². The number of sulfone groups is 1. The number of rotatable bonds is 9. The maximum atomic E-state index is 12.3. The first-order valence-electron chi connectivity index (χ1n) is 8.93. The van der Waals surface area contributed by atoms with Crippen molar-refractivity contribution in [2.45, 2.75) is 17.9 Å². The molecular formula is C20H28IN3O4S. The van der Waals surface area contributed by atoms with Gasteiger partial charge in [-0.05, 0) is 30.7 Å². The zero-order chi connectivity index (χ0) is 20.4. The van der Waals surface area contributed by atoms with Crippen LogP contribution in [0.15, 0.2) is 58.4 Å². The van der Waals surface area contributed by atoms with Crippen molar-refractivity contribution in [2.75, 3.05) is 33.6 Å². The molecule has 0 spiro atoms. The van der Waals surface area contributed by atoms with Crippen LogP contribution in [-0.2, 0) is 16.4 Å². The van der Waals surface area contributed by atoms with Crippen molar-refractivity contribution in [3.05, 3.63) is 54.1 Å². The quantitative estimate of drug-likeness (QED) is 0.223. The molecule has 7 nitrogen and oxygen atoms in total. The molecule has 0 radical (unpaired) electrons. The average molecular weight is 533 g/mol. The highest BCUT2D eigenvalue weighted by atomic mass is 127. The van der Waals surface area contributed by atoms with Gasteiger partial charge in [0.25, 0.3) is 0 Å². The van der Waals surface area contributed by atoms with Gasteiger partial charge in [-0.3, -0.25) is 4.99 Å². The predicted octanol–water partition coefficient (Wildman–Crippen LogP) is 2.85. The summed E-state index contributed by atoms with van der Waals surface area (Å²) < 4.78 is 35.1. The number of nitrogens with one attached hydrogen (secondary N) is 2. The normalized spacial score (nSPS) is 11.3. The Bertz CT molecular complexity index is 890. The van der Waals surface area contributed by atoms with Gasteiger partial charge in [0.15, 0.2) is 15.8 Å². The van der Waals surface area contributed by atoms with E-state index in [4.69, 9.17) is 9.47 Å². The molecule has 160 valence electrons. The number of halogens is 1. The fourth-order valence-corrected chi connectivity index (χ4v) is 3.94. The van der Waals surface area contributed by atoms with Gasteiger partial charge in [0.2, 0.25) is 0 Å². The molecule has 29 heavy (non-hydrogen) atoms. The molecule has 0 aliphatic heterocycles. The van der Waals surface area contributed by atoms with Crippen molar-refractivity contribution < 1.29 is 17.9 Å². The Balaban J connectivity index is 0.00000420. The summed E-state index contributed by atoms with van der Waals surface area (Å²) in [5.41, 5.74) is 0.956. The first-order valence-corrected chi connectivity index (χ1v) is 10.6. The summed E-state index contributed by atoms with van der Waals surface area (Å²) in [5.74, 6) is 2.11. The highest BCUT2D eigenvalue weighted by molar-refractivity contribution is 14.0. The molecule has 0 heterocycles. The zero-order valence-corrected chi connectivity index (χ0v) is 20.0. The van der Waals surface area contributed by atoms with Gasteiger partial charge < -0.3 is 20.1 Å². The monoisotopic (exact) mass is 533 g/mol. The number of nitrogens with zero attached hydrogens (tertiary/aromatic N) is 1. The second-order valence-corrected chi connectivity index (χ2v) is 8.12. The molecule has 0 fully saturated rings. The minimum Gasteiger partial charge on any atom is -0.497 e. The Kier molecular flexibility index (Phi) is 10.8. The summed E-state index contributed by atoms with van der Waals surface area (Å²) in [5, 5.41) is 6.33. The van der Waals surface area contributed by atoms with E-state index in [0.29, 0.717) is 30.4 Å². The third kappa shape index (κ3) is 7.73.